The zero-order valence-corrected chi connectivity index (χ0v) is 15.7. The molecule has 0 unspecified atom stereocenters. The number of halogens is 3. The summed E-state index contributed by atoms with van der Waals surface area (Å²) in [7, 11) is -0.706. The zero-order valence-electron chi connectivity index (χ0n) is 14.9. The molecule has 0 aliphatic carbocycles. The molecule has 28 heavy (non-hydrogen) atoms. The molecule has 0 N–H and O–H groups in total. The van der Waals surface area contributed by atoms with E-state index in [-0.39, 0.29) is 0 Å². The van der Waals surface area contributed by atoms with Gasteiger partial charge in [0.15, 0.2) is 0 Å². The van der Waals surface area contributed by atoms with Crippen molar-refractivity contribution in [1.82, 2.24) is 9.78 Å². The van der Waals surface area contributed by atoms with Crippen LogP contribution in [0.5, 0.6) is 0 Å². The summed E-state index contributed by atoms with van der Waals surface area (Å²) in [6.07, 6.45) is -0.864. The van der Waals surface area contributed by atoms with Crippen LogP contribution in [0.3, 0.4) is 0 Å². The van der Waals surface area contributed by atoms with Crippen LogP contribution in [-0.2, 0) is 17.0 Å². The molecule has 0 radical (unpaired) electrons. The van der Waals surface area contributed by atoms with Crippen molar-refractivity contribution in [2.45, 2.75) is 6.18 Å². The molecule has 1 aliphatic rings. The van der Waals surface area contributed by atoms with Gasteiger partial charge in [-0.1, -0.05) is 12.1 Å². The molecule has 2 heterocycles. The Morgan fingerprint density at radius 2 is 1.46 bits per heavy atom. The van der Waals surface area contributed by atoms with Crippen LogP contribution >= 0.6 is 0 Å². The number of hydrogen-bond donors (Lipinski definition) is 0. The Morgan fingerprint density at radius 3 is 2.07 bits per heavy atom. The first-order valence-corrected chi connectivity index (χ1v) is 10.3. The smallest absolute Gasteiger partial charge is 0.370 e. The molecule has 3 aromatic rings. The number of nitrogens with zero attached hydrogens (tertiary/aromatic N) is 3. The van der Waals surface area contributed by atoms with Crippen LogP contribution in [0.15, 0.2) is 60.9 Å². The standard InChI is InChI=1S/C20H18F3N3OS/c21-20(22,23)17-3-7-19(8-4-17)26-14-16(13-24-26)15-1-5-18(6-2-15)25-9-11-28(27)12-10-25/h1-8,13-14H,9-12H2. The van der Waals surface area contributed by atoms with Gasteiger partial charge >= 0.3 is 6.18 Å². The molecule has 146 valence electrons. The monoisotopic (exact) mass is 405 g/mol. The second kappa shape index (κ2) is 7.43. The highest BCUT2D eigenvalue weighted by atomic mass is 32.2. The first kappa shape index (κ1) is 18.7. The Kier molecular flexibility index (Phi) is 4.97. The highest BCUT2D eigenvalue weighted by Gasteiger charge is 2.30. The van der Waals surface area contributed by atoms with Crippen molar-refractivity contribution in [3.05, 3.63) is 66.5 Å². The molecule has 2 aromatic carbocycles. The molecule has 0 bridgehead atoms. The van der Waals surface area contributed by atoms with Gasteiger partial charge in [-0.25, -0.2) is 4.68 Å². The van der Waals surface area contributed by atoms with Crippen molar-refractivity contribution in [2.24, 2.45) is 0 Å². The molecule has 1 aliphatic heterocycles. The molecule has 0 spiro atoms. The van der Waals surface area contributed by atoms with Gasteiger partial charge in [-0.3, -0.25) is 4.21 Å². The molecule has 4 rings (SSSR count). The van der Waals surface area contributed by atoms with Crippen LogP contribution < -0.4 is 4.90 Å². The van der Waals surface area contributed by atoms with Gasteiger partial charge in [0.25, 0.3) is 0 Å². The van der Waals surface area contributed by atoms with Crippen molar-refractivity contribution < 1.29 is 17.4 Å². The Balaban J connectivity index is 1.50. The maximum Gasteiger partial charge on any atom is 0.416 e. The number of benzene rings is 2. The quantitative estimate of drug-likeness (QED) is 0.658. The predicted octanol–water partition coefficient (Wildman–Crippen LogP) is 4.13. The maximum atomic E-state index is 12.7. The topological polar surface area (TPSA) is 38.1 Å². The summed E-state index contributed by atoms with van der Waals surface area (Å²) in [6, 6.07) is 13.0. The molecule has 0 atom stereocenters. The molecular formula is C20H18F3N3OS. The van der Waals surface area contributed by atoms with Gasteiger partial charge in [0.1, 0.15) is 0 Å². The number of alkyl halides is 3. The molecule has 0 saturated carbocycles. The second-order valence-electron chi connectivity index (χ2n) is 6.60. The predicted molar refractivity (Wildman–Crippen MR) is 104 cm³/mol. The lowest BCUT2D eigenvalue weighted by atomic mass is 10.1. The lowest BCUT2D eigenvalue weighted by molar-refractivity contribution is -0.137. The minimum atomic E-state index is -4.35. The Bertz CT molecular complexity index is 971. The third-order valence-corrected chi connectivity index (χ3v) is 6.06. The summed E-state index contributed by atoms with van der Waals surface area (Å²) < 4.78 is 51.1. The van der Waals surface area contributed by atoms with E-state index in [1.807, 2.05) is 24.3 Å². The Hall–Kier alpha value is -2.61. The fourth-order valence-corrected chi connectivity index (χ4v) is 4.23. The van der Waals surface area contributed by atoms with Crippen molar-refractivity contribution in [2.75, 3.05) is 29.5 Å². The number of anilines is 1. The van der Waals surface area contributed by atoms with Crippen LogP contribution in [0.1, 0.15) is 5.56 Å². The molecule has 4 nitrogen and oxygen atoms in total. The summed E-state index contributed by atoms with van der Waals surface area (Å²) in [5.74, 6) is 1.39. The van der Waals surface area contributed by atoms with E-state index in [4.69, 9.17) is 0 Å². The average Bonchev–Trinajstić information content (AvgIpc) is 3.18. The van der Waals surface area contributed by atoms with Crippen molar-refractivity contribution >= 4 is 16.5 Å². The van der Waals surface area contributed by atoms with Gasteiger partial charge in [-0.15, -0.1) is 0 Å². The van der Waals surface area contributed by atoms with E-state index in [9.17, 15) is 17.4 Å². The highest BCUT2D eigenvalue weighted by Crippen LogP contribution is 2.30. The van der Waals surface area contributed by atoms with Gasteiger partial charge in [0.2, 0.25) is 0 Å². The van der Waals surface area contributed by atoms with E-state index in [0.29, 0.717) is 17.2 Å². The first-order valence-electron chi connectivity index (χ1n) is 8.83. The van der Waals surface area contributed by atoms with Crippen molar-refractivity contribution in [3.63, 3.8) is 0 Å². The minimum Gasteiger partial charge on any atom is -0.370 e. The maximum absolute atomic E-state index is 12.7. The van der Waals surface area contributed by atoms with Gasteiger partial charge < -0.3 is 4.90 Å². The lowest BCUT2D eigenvalue weighted by Crippen LogP contribution is -2.37. The van der Waals surface area contributed by atoms with Crippen LogP contribution in [0.4, 0.5) is 18.9 Å². The van der Waals surface area contributed by atoms with Crippen LogP contribution in [-0.4, -0.2) is 38.6 Å². The molecule has 1 aromatic heterocycles. The van der Waals surface area contributed by atoms with Gasteiger partial charge in [-0.2, -0.15) is 18.3 Å². The molecule has 1 saturated heterocycles. The van der Waals surface area contributed by atoms with Crippen LogP contribution in [0.2, 0.25) is 0 Å². The van der Waals surface area contributed by atoms with E-state index in [2.05, 4.69) is 10.00 Å². The van der Waals surface area contributed by atoms with E-state index in [1.165, 1.54) is 12.1 Å². The average molecular weight is 405 g/mol. The summed E-state index contributed by atoms with van der Waals surface area (Å²) >= 11 is 0. The molecular weight excluding hydrogens is 387 g/mol. The third kappa shape index (κ3) is 3.96. The summed E-state index contributed by atoms with van der Waals surface area (Å²) in [4.78, 5) is 2.22. The van der Waals surface area contributed by atoms with E-state index in [1.54, 1.807) is 17.1 Å². The lowest BCUT2D eigenvalue weighted by Gasteiger charge is -2.28. The summed E-state index contributed by atoms with van der Waals surface area (Å²) in [6.45, 7) is 1.58. The SMILES string of the molecule is O=S1CCN(c2ccc(-c3cnn(-c4ccc(C(F)(F)F)cc4)c3)cc2)CC1. The van der Waals surface area contributed by atoms with Crippen molar-refractivity contribution in [3.8, 4) is 16.8 Å². The minimum absolute atomic E-state index is 0.567. The van der Waals surface area contributed by atoms with E-state index in [0.717, 1.165) is 42.0 Å². The molecule has 8 heteroatoms. The van der Waals surface area contributed by atoms with E-state index >= 15 is 0 Å². The fourth-order valence-electron chi connectivity index (χ4n) is 3.18. The third-order valence-electron chi connectivity index (χ3n) is 4.79. The van der Waals surface area contributed by atoms with Crippen LogP contribution in [0.25, 0.3) is 16.8 Å². The van der Waals surface area contributed by atoms with Gasteiger partial charge in [0.05, 0.1) is 17.4 Å². The summed E-state index contributed by atoms with van der Waals surface area (Å²) in [5.41, 5.74) is 2.84. The number of rotatable bonds is 3. The first-order chi connectivity index (χ1) is 13.4. The second-order valence-corrected chi connectivity index (χ2v) is 8.30. The Morgan fingerprint density at radius 1 is 0.857 bits per heavy atom. The van der Waals surface area contributed by atoms with Crippen LogP contribution in [0, 0.1) is 0 Å². The molecule has 1 fully saturated rings. The van der Waals surface area contributed by atoms with E-state index < -0.39 is 22.5 Å². The number of hydrogen-bond acceptors (Lipinski definition) is 3. The normalized spacial score (nSPS) is 15.8. The van der Waals surface area contributed by atoms with Gasteiger partial charge in [0, 0.05) is 52.8 Å². The number of aromatic nitrogens is 2. The largest absolute Gasteiger partial charge is 0.416 e. The summed E-state index contributed by atoms with van der Waals surface area (Å²) in [5, 5.41) is 4.27. The molecule has 0 amide bonds. The van der Waals surface area contributed by atoms with Crippen molar-refractivity contribution in [1.29, 1.82) is 0 Å². The Labute approximate surface area is 163 Å². The van der Waals surface area contributed by atoms with Gasteiger partial charge in [-0.05, 0) is 42.0 Å². The fraction of sp³-hybridized carbons (Fsp3) is 0.250. The highest BCUT2D eigenvalue weighted by molar-refractivity contribution is 7.85. The zero-order chi connectivity index (χ0) is 19.7.